The normalized spacial score (nSPS) is 17.1. The second kappa shape index (κ2) is 8.33. The minimum absolute atomic E-state index is 0.273. The van der Waals surface area contributed by atoms with Crippen LogP contribution in [-0.4, -0.2) is 41.6 Å². The number of carbonyl (C=O) groups is 1. The molecule has 0 bridgehead atoms. The molecule has 36 heavy (non-hydrogen) atoms. The standard InChI is InChI=1S/C24H18F3N7O2/c1-12-2-3-13(21-30-23(36-32-21)15-9-17(15)25)8-19(12)29-22(35)16-10-28-34-11-14(4-5-20(16)34)18-6-7-33(31-18)24(26)27/h2-8,10-11,15,17,24H,9H2,1H3,(H,29,35)/t15-,17?/m0/s1. The molecule has 4 heterocycles. The van der Waals surface area contributed by atoms with Crippen molar-refractivity contribution < 1.29 is 22.5 Å². The van der Waals surface area contributed by atoms with E-state index in [4.69, 9.17) is 4.52 Å². The molecule has 1 aliphatic carbocycles. The van der Waals surface area contributed by atoms with Crippen LogP contribution in [0.5, 0.6) is 0 Å². The van der Waals surface area contributed by atoms with Crippen LogP contribution in [0.25, 0.3) is 28.2 Å². The van der Waals surface area contributed by atoms with Crippen LogP contribution in [-0.2, 0) is 0 Å². The molecule has 2 atom stereocenters. The fourth-order valence-electron chi connectivity index (χ4n) is 3.92. The Kier molecular flexibility index (Phi) is 5.09. The first-order valence-corrected chi connectivity index (χ1v) is 11.1. The maximum absolute atomic E-state index is 13.3. The molecular formula is C24H18F3N7O2. The quantitative estimate of drug-likeness (QED) is 0.356. The van der Waals surface area contributed by atoms with Gasteiger partial charge in [-0.15, -0.1) is 0 Å². The lowest BCUT2D eigenvalue weighted by Gasteiger charge is -2.09. The summed E-state index contributed by atoms with van der Waals surface area (Å²) in [5, 5.41) is 14.9. The Morgan fingerprint density at radius 2 is 2.00 bits per heavy atom. The number of hydrogen-bond acceptors (Lipinski definition) is 6. The van der Waals surface area contributed by atoms with Crippen LogP contribution >= 0.6 is 0 Å². The van der Waals surface area contributed by atoms with Crippen molar-refractivity contribution in [1.82, 2.24) is 29.5 Å². The van der Waals surface area contributed by atoms with Crippen LogP contribution in [0, 0.1) is 6.92 Å². The summed E-state index contributed by atoms with van der Waals surface area (Å²) in [6, 6.07) is 10.2. The summed E-state index contributed by atoms with van der Waals surface area (Å²) < 4.78 is 46.2. The minimum Gasteiger partial charge on any atom is -0.339 e. The molecule has 0 aliphatic heterocycles. The van der Waals surface area contributed by atoms with Crippen molar-refractivity contribution in [1.29, 1.82) is 0 Å². The molecule has 1 amide bonds. The highest BCUT2D eigenvalue weighted by molar-refractivity contribution is 6.09. The molecule has 1 N–H and O–H groups in total. The van der Waals surface area contributed by atoms with Crippen LogP contribution in [0.4, 0.5) is 18.9 Å². The van der Waals surface area contributed by atoms with Crippen LogP contribution in [0.15, 0.2) is 59.5 Å². The van der Waals surface area contributed by atoms with Crippen LogP contribution < -0.4 is 5.32 Å². The number of rotatable bonds is 6. The first-order valence-electron chi connectivity index (χ1n) is 11.1. The van der Waals surface area contributed by atoms with E-state index < -0.39 is 12.7 Å². The zero-order valence-corrected chi connectivity index (χ0v) is 18.8. The zero-order valence-electron chi connectivity index (χ0n) is 18.8. The number of hydrogen-bond donors (Lipinski definition) is 1. The molecule has 0 radical (unpaired) electrons. The second-order valence-corrected chi connectivity index (χ2v) is 8.56. The predicted molar refractivity (Wildman–Crippen MR) is 122 cm³/mol. The number of nitrogens with one attached hydrogen (secondary N) is 1. The van der Waals surface area contributed by atoms with Gasteiger partial charge in [0.1, 0.15) is 6.17 Å². The summed E-state index contributed by atoms with van der Waals surface area (Å²) in [7, 11) is 0. The molecule has 1 aromatic carbocycles. The monoisotopic (exact) mass is 493 g/mol. The Balaban J connectivity index is 1.24. The van der Waals surface area contributed by atoms with E-state index in [2.05, 4.69) is 25.7 Å². The average molecular weight is 493 g/mol. The van der Waals surface area contributed by atoms with Crippen LogP contribution in [0.2, 0.25) is 0 Å². The van der Waals surface area contributed by atoms with Crippen molar-refractivity contribution in [3.63, 3.8) is 0 Å². The number of amides is 1. The van der Waals surface area contributed by atoms with Crippen molar-refractivity contribution >= 4 is 17.1 Å². The first-order chi connectivity index (χ1) is 17.4. The zero-order chi connectivity index (χ0) is 25.0. The number of aromatic nitrogens is 6. The van der Waals surface area contributed by atoms with Gasteiger partial charge in [-0.1, -0.05) is 17.3 Å². The van der Waals surface area contributed by atoms with E-state index in [1.54, 1.807) is 30.5 Å². The molecule has 1 aliphatic rings. The van der Waals surface area contributed by atoms with Crippen molar-refractivity contribution in [2.24, 2.45) is 0 Å². The largest absolute Gasteiger partial charge is 0.339 e. The predicted octanol–water partition coefficient (Wildman–Crippen LogP) is 5.03. The van der Waals surface area contributed by atoms with Gasteiger partial charge in [0.05, 0.1) is 28.9 Å². The maximum atomic E-state index is 13.3. The van der Waals surface area contributed by atoms with Gasteiger partial charge >= 0.3 is 6.55 Å². The van der Waals surface area contributed by atoms with E-state index in [1.165, 1.54) is 23.0 Å². The molecule has 5 aromatic rings. The minimum atomic E-state index is -2.73. The Morgan fingerprint density at radius 3 is 2.75 bits per heavy atom. The third-order valence-corrected chi connectivity index (χ3v) is 6.08. The number of aryl methyl sites for hydroxylation is 1. The van der Waals surface area contributed by atoms with Crippen molar-refractivity contribution in [2.75, 3.05) is 5.32 Å². The Hall–Kier alpha value is -4.48. The Labute approximate surface area is 201 Å². The smallest absolute Gasteiger partial charge is 0.333 e. The third kappa shape index (κ3) is 3.89. The highest BCUT2D eigenvalue weighted by Gasteiger charge is 2.43. The molecule has 1 fully saturated rings. The number of carbonyl (C=O) groups excluding carboxylic acids is 1. The van der Waals surface area contributed by atoms with Crippen LogP contribution in [0.3, 0.4) is 0 Å². The summed E-state index contributed by atoms with van der Waals surface area (Å²) in [5.74, 6) is -0.133. The van der Waals surface area contributed by atoms with E-state index in [1.807, 2.05) is 13.0 Å². The lowest BCUT2D eigenvalue weighted by atomic mass is 10.1. The number of pyridine rings is 1. The highest BCUT2D eigenvalue weighted by atomic mass is 19.3. The fraction of sp³-hybridized carbons (Fsp3) is 0.208. The molecule has 1 saturated carbocycles. The maximum Gasteiger partial charge on any atom is 0.333 e. The number of benzene rings is 1. The molecule has 12 heteroatoms. The van der Waals surface area contributed by atoms with Gasteiger partial charge < -0.3 is 9.84 Å². The highest BCUT2D eigenvalue weighted by Crippen LogP contribution is 2.43. The van der Waals surface area contributed by atoms with Gasteiger partial charge in [-0.05, 0) is 43.2 Å². The van der Waals surface area contributed by atoms with E-state index >= 15 is 0 Å². The summed E-state index contributed by atoms with van der Waals surface area (Å²) in [4.78, 5) is 17.4. The summed E-state index contributed by atoms with van der Waals surface area (Å²) in [6.07, 6.45) is 3.69. The molecule has 0 spiro atoms. The molecule has 6 rings (SSSR count). The summed E-state index contributed by atoms with van der Waals surface area (Å²) in [5.41, 5.74) is 3.78. The van der Waals surface area contributed by atoms with Gasteiger partial charge in [0.2, 0.25) is 11.7 Å². The van der Waals surface area contributed by atoms with Gasteiger partial charge in [0.25, 0.3) is 5.91 Å². The molecule has 0 saturated heterocycles. The van der Waals surface area contributed by atoms with E-state index in [9.17, 15) is 18.0 Å². The number of fused-ring (bicyclic) bond motifs is 1. The second-order valence-electron chi connectivity index (χ2n) is 8.56. The van der Waals surface area contributed by atoms with Crippen molar-refractivity contribution in [3.05, 3.63) is 72.0 Å². The van der Waals surface area contributed by atoms with Crippen LogP contribution in [0.1, 0.15) is 40.7 Å². The van der Waals surface area contributed by atoms with Gasteiger partial charge in [0.15, 0.2) is 0 Å². The first kappa shape index (κ1) is 22.0. The summed E-state index contributed by atoms with van der Waals surface area (Å²) >= 11 is 0. The summed E-state index contributed by atoms with van der Waals surface area (Å²) in [6.45, 7) is -0.882. The van der Waals surface area contributed by atoms with Crippen molar-refractivity contribution in [3.8, 4) is 22.6 Å². The van der Waals surface area contributed by atoms with Gasteiger partial charge in [-0.25, -0.2) is 13.6 Å². The lowest BCUT2D eigenvalue weighted by molar-refractivity contribution is 0.0568. The van der Waals surface area contributed by atoms with E-state index in [-0.39, 0.29) is 17.7 Å². The Morgan fingerprint density at radius 1 is 1.19 bits per heavy atom. The van der Waals surface area contributed by atoms with Crippen molar-refractivity contribution in [2.45, 2.75) is 32.0 Å². The number of halogens is 3. The topological polar surface area (TPSA) is 103 Å². The van der Waals surface area contributed by atoms with E-state index in [0.717, 1.165) is 5.56 Å². The number of alkyl halides is 3. The fourth-order valence-corrected chi connectivity index (χ4v) is 3.92. The van der Waals surface area contributed by atoms with E-state index in [0.29, 0.717) is 50.5 Å². The van der Waals surface area contributed by atoms with Gasteiger partial charge in [-0.3, -0.25) is 4.79 Å². The third-order valence-electron chi connectivity index (χ3n) is 6.08. The lowest BCUT2D eigenvalue weighted by Crippen LogP contribution is -2.12. The molecule has 9 nitrogen and oxygen atoms in total. The molecular weight excluding hydrogens is 475 g/mol. The van der Waals surface area contributed by atoms with Gasteiger partial charge in [0, 0.05) is 29.2 Å². The number of anilines is 1. The molecule has 4 aromatic heterocycles. The number of nitrogens with zero attached hydrogens (tertiary/aromatic N) is 6. The van der Waals surface area contributed by atoms with Gasteiger partial charge in [-0.2, -0.15) is 24.0 Å². The molecule has 1 unspecified atom stereocenters. The average Bonchev–Trinajstić information content (AvgIpc) is 3.32. The molecule has 182 valence electrons. The SMILES string of the molecule is Cc1ccc(-c2noc([C@H]3CC3F)n2)cc1NC(=O)c1cnn2cc(-c3ccn(C(F)F)n3)ccc12. The Bertz CT molecular complexity index is 1610.